The number of urea groups is 1. The van der Waals surface area contributed by atoms with E-state index in [4.69, 9.17) is 9.47 Å². The van der Waals surface area contributed by atoms with Crippen molar-refractivity contribution in [3.05, 3.63) is 60.3 Å². The second kappa shape index (κ2) is 12.6. The minimum absolute atomic E-state index is 0.0254. The molecule has 39 heavy (non-hydrogen) atoms. The van der Waals surface area contributed by atoms with Crippen molar-refractivity contribution in [3.63, 3.8) is 0 Å². The number of aryl methyl sites for hydroxylation is 1. The number of carbonyl (C=O) groups is 2. The molecule has 0 unspecified atom stereocenters. The highest BCUT2D eigenvalue weighted by Gasteiger charge is 2.30. The van der Waals surface area contributed by atoms with Crippen molar-refractivity contribution in [2.75, 3.05) is 19.1 Å². The summed E-state index contributed by atoms with van der Waals surface area (Å²) in [6.07, 6.45) is 3.22. The molecule has 1 aliphatic rings. The smallest absolute Gasteiger partial charge is 0.336 e. The predicted octanol–water partition coefficient (Wildman–Crippen LogP) is 4.56. The summed E-state index contributed by atoms with van der Waals surface area (Å²) >= 11 is 0. The predicted molar refractivity (Wildman–Crippen MR) is 149 cm³/mol. The van der Waals surface area contributed by atoms with Gasteiger partial charge in [0.1, 0.15) is 11.4 Å². The molecule has 2 aromatic carbocycles. The van der Waals surface area contributed by atoms with Gasteiger partial charge in [0.2, 0.25) is 0 Å². The number of rotatable bonds is 9. The largest absolute Gasteiger partial charge is 0.490 e. The van der Waals surface area contributed by atoms with E-state index in [1.54, 1.807) is 23.8 Å². The van der Waals surface area contributed by atoms with E-state index in [1.807, 2.05) is 75.5 Å². The number of benzene rings is 2. The van der Waals surface area contributed by atoms with Crippen LogP contribution >= 0.6 is 0 Å². The first-order valence-corrected chi connectivity index (χ1v) is 13.4. The molecule has 3 aromatic rings. The zero-order valence-electron chi connectivity index (χ0n) is 23.3. The number of aromatic nitrogens is 3. The van der Waals surface area contributed by atoms with Crippen LogP contribution in [0.4, 0.5) is 10.5 Å². The van der Waals surface area contributed by atoms with E-state index in [0.29, 0.717) is 12.1 Å². The number of para-hydroxylation sites is 1. The van der Waals surface area contributed by atoms with Crippen LogP contribution in [-0.2, 0) is 23.1 Å². The third-order valence-electron chi connectivity index (χ3n) is 6.97. The van der Waals surface area contributed by atoms with Gasteiger partial charge in [-0.2, -0.15) is 0 Å². The number of hydrazine groups is 1. The maximum absolute atomic E-state index is 12.8. The molecule has 2 atom stereocenters. The molecule has 0 radical (unpaired) electrons. The van der Waals surface area contributed by atoms with Gasteiger partial charge in [0, 0.05) is 26.7 Å². The Morgan fingerprint density at radius 3 is 2.49 bits per heavy atom. The van der Waals surface area contributed by atoms with Crippen LogP contribution in [0.15, 0.2) is 54.6 Å². The molecule has 0 spiro atoms. The number of carbonyl (C=O) groups excluding carboxylic acids is 2. The summed E-state index contributed by atoms with van der Waals surface area (Å²) in [5, 5.41) is 14.8. The van der Waals surface area contributed by atoms with Crippen LogP contribution in [0.3, 0.4) is 0 Å². The van der Waals surface area contributed by atoms with E-state index in [-0.39, 0.29) is 36.7 Å². The Morgan fingerprint density at radius 2 is 1.79 bits per heavy atom. The van der Waals surface area contributed by atoms with Crippen LogP contribution in [-0.4, -0.2) is 58.3 Å². The van der Waals surface area contributed by atoms with Crippen molar-refractivity contribution < 1.29 is 19.1 Å². The highest BCUT2D eigenvalue weighted by molar-refractivity contribution is 5.76. The van der Waals surface area contributed by atoms with Gasteiger partial charge in [0.05, 0.1) is 36.1 Å². The molecule has 10 nitrogen and oxygen atoms in total. The summed E-state index contributed by atoms with van der Waals surface area (Å²) < 4.78 is 13.3. The molecule has 1 fully saturated rings. The van der Waals surface area contributed by atoms with Crippen LogP contribution in [0, 0.1) is 5.92 Å². The summed E-state index contributed by atoms with van der Waals surface area (Å²) in [6, 6.07) is 17.1. The van der Waals surface area contributed by atoms with Gasteiger partial charge in [-0.1, -0.05) is 23.4 Å². The first kappa shape index (κ1) is 27.9. The lowest BCUT2D eigenvalue weighted by atomic mass is 9.87. The summed E-state index contributed by atoms with van der Waals surface area (Å²) in [7, 11) is 5.35. The molecule has 4 rings (SSSR count). The minimum Gasteiger partial charge on any atom is -0.490 e. The average Bonchev–Trinajstić information content (AvgIpc) is 3.31. The molecule has 0 bridgehead atoms. The lowest BCUT2D eigenvalue weighted by molar-refractivity contribution is -0.154. The maximum Gasteiger partial charge on any atom is 0.336 e. The van der Waals surface area contributed by atoms with Gasteiger partial charge >= 0.3 is 12.0 Å². The topological polar surface area (TPSA) is 102 Å². The number of nitrogens with one attached hydrogen (secondary N) is 1. The molecule has 208 valence electrons. The van der Waals surface area contributed by atoms with E-state index in [9.17, 15) is 9.59 Å². The zero-order valence-corrected chi connectivity index (χ0v) is 23.3. The Balaban J connectivity index is 1.36. The SMILES string of the molecule is CC(C)OC(=O)[C@H]1CCC[C@H](Oc2ccc(-c3nnn(C)c3CNC(=O)N(C)N(C)c3ccccc3)cc2)C1. The van der Waals surface area contributed by atoms with E-state index in [0.717, 1.165) is 42.0 Å². The van der Waals surface area contributed by atoms with Gasteiger partial charge in [0.25, 0.3) is 0 Å². The number of nitrogens with zero attached hydrogens (tertiary/aromatic N) is 5. The van der Waals surface area contributed by atoms with Crippen LogP contribution < -0.4 is 15.1 Å². The quantitative estimate of drug-likeness (QED) is 0.317. The highest BCUT2D eigenvalue weighted by Crippen LogP contribution is 2.30. The Morgan fingerprint density at radius 1 is 1.08 bits per heavy atom. The van der Waals surface area contributed by atoms with E-state index >= 15 is 0 Å². The first-order valence-electron chi connectivity index (χ1n) is 13.4. The molecule has 0 saturated heterocycles. The molecular weight excluding hydrogens is 496 g/mol. The number of ether oxygens (including phenoxy) is 2. The Bertz CT molecular complexity index is 1240. The van der Waals surface area contributed by atoms with Gasteiger partial charge in [-0.25, -0.2) is 14.5 Å². The standard InChI is InChI=1S/C29H38N6O4/c1-20(2)38-28(36)22-10-9-13-25(18-22)39-24-16-14-21(15-17-24)27-26(33(3)32-31-27)19-30-29(37)35(5)34(4)23-11-7-6-8-12-23/h6-8,11-12,14-17,20,22,25H,9-10,13,18-19H2,1-5H3,(H,30,37)/t22-,25-/m0/s1. The first-order chi connectivity index (χ1) is 18.7. The summed E-state index contributed by atoms with van der Waals surface area (Å²) in [5.41, 5.74) is 3.25. The number of anilines is 1. The van der Waals surface area contributed by atoms with Crippen LogP contribution in [0.5, 0.6) is 5.75 Å². The monoisotopic (exact) mass is 534 g/mol. The van der Waals surface area contributed by atoms with Crippen molar-refractivity contribution in [1.29, 1.82) is 0 Å². The van der Waals surface area contributed by atoms with Crippen LogP contribution in [0.1, 0.15) is 45.2 Å². The molecule has 2 amide bonds. The second-order valence-corrected chi connectivity index (χ2v) is 10.2. The van der Waals surface area contributed by atoms with Crippen molar-refractivity contribution in [2.24, 2.45) is 13.0 Å². The van der Waals surface area contributed by atoms with Gasteiger partial charge in [-0.05, 0) is 75.9 Å². The molecular formula is C29H38N6O4. The third-order valence-corrected chi connectivity index (χ3v) is 6.97. The molecule has 1 saturated carbocycles. The van der Waals surface area contributed by atoms with E-state index in [2.05, 4.69) is 15.6 Å². The molecule has 0 aliphatic heterocycles. The lowest BCUT2D eigenvalue weighted by Crippen LogP contribution is -2.46. The minimum atomic E-state index is -0.250. The van der Waals surface area contributed by atoms with Crippen molar-refractivity contribution in [1.82, 2.24) is 25.3 Å². The molecule has 10 heteroatoms. The second-order valence-electron chi connectivity index (χ2n) is 10.2. The van der Waals surface area contributed by atoms with Crippen molar-refractivity contribution in [3.8, 4) is 17.0 Å². The Labute approximate surface area is 229 Å². The van der Waals surface area contributed by atoms with Crippen molar-refractivity contribution in [2.45, 2.75) is 58.3 Å². The van der Waals surface area contributed by atoms with Gasteiger partial charge in [-0.15, -0.1) is 5.10 Å². The molecule has 1 heterocycles. The average molecular weight is 535 g/mol. The number of hydrogen-bond donors (Lipinski definition) is 1. The van der Waals surface area contributed by atoms with Gasteiger partial charge in [0.15, 0.2) is 0 Å². The summed E-state index contributed by atoms with van der Waals surface area (Å²) in [4.78, 5) is 25.2. The molecule has 1 N–H and O–H groups in total. The van der Waals surface area contributed by atoms with E-state index in [1.165, 1.54) is 5.01 Å². The Hall–Kier alpha value is -4.08. The highest BCUT2D eigenvalue weighted by atomic mass is 16.5. The molecule has 1 aliphatic carbocycles. The van der Waals surface area contributed by atoms with Crippen LogP contribution in [0.25, 0.3) is 11.3 Å². The Kier molecular flexibility index (Phi) is 9.06. The normalized spacial score (nSPS) is 17.0. The maximum atomic E-state index is 12.8. The summed E-state index contributed by atoms with van der Waals surface area (Å²) in [5.74, 6) is 0.495. The van der Waals surface area contributed by atoms with Crippen LogP contribution in [0.2, 0.25) is 0 Å². The van der Waals surface area contributed by atoms with Crippen molar-refractivity contribution >= 4 is 17.7 Å². The number of amides is 2. The van der Waals surface area contributed by atoms with E-state index < -0.39 is 0 Å². The van der Waals surface area contributed by atoms with Gasteiger partial charge in [-0.3, -0.25) is 9.80 Å². The zero-order chi connectivity index (χ0) is 27.9. The number of esters is 1. The fourth-order valence-electron chi connectivity index (χ4n) is 4.70. The summed E-state index contributed by atoms with van der Waals surface area (Å²) in [6.45, 7) is 4.00. The molecule has 1 aromatic heterocycles. The van der Waals surface area contributed by atoms with Gasteiger partial charge < -0.3 is 14.8 Å². The fraction of sp³-hybridized carbons (Fsp3) is 0.448. The lowest BCUT2D eigenvalue weighted by Gasteiger charge is -2.30. The third kappa shape index (κ3) is 7.07. The fourth-order valence-corrected chi connectivity index (χ4v) is 4.70. The number of hydrogen-bond acceptors (Lipinski definition) is 7.